The fourth-order valence-electron chi connectivity index (χ4n) is 3.17. The second-order valence-corrected chi connectivity index (χ2v) is 8.49. The van der Waals surface area contributed by atoms with Gasteiger partial charge in [-0.1, -0.05) is 44.1 Å². The molecule has 1 aliphatic rings. The van der Waals surface area contributed by atoms with E-state index in [2.05, 4.69) is 10.5 Å². The first-order chi connectivity index (χ1) is 13.8. The Morgan fingerprint density at radius 2 is 2.03 bits per heavy atom. The van der Waals surface area contributed by atoms with Crippen LogP contribution in [0.1, 0.15) is 45.1 Å². The zero-order chi connectivity index (χ0) is 20.9. The molecule has 3 unspecified atom stereocenters. The summed E-state index contributed by atoms with van der Waals surface area (Å²) in [4.78, 5) is 12.1. The summed E-state index contributed by atoms with van der Waals surface area (Å²) in [6.45, 7) is 6.17. The number of hydrogen-bond acceptors (Lipinski definition) is 6. The molecule has 2 heterocycles. The van der Waals surface area contributed by atoms with Crippen LogP contribution in [-0.2, 0) is 22.6 Å². The van der Waals surface area contributed by atoms with E-state index in [1.54, 1.807) is 0 Å². The van der Waals surface area contributed by atoms with Gasteiger partial charge in [0.15, 0.2) is 5.76 Å². The summed E-state index contributed by atoms with van der Waals surface area (Å²) in [6.07, 6.45) is 0.857. The van der Waals surface area contributed by atoms with E-state index in [4.69, 9.17) is 14.0 Å². The van der Waals surface area contributed by atoms with Gasteiger partial charge in [-0.3, -0.25) is 4.79 Å². The highest BCUT2D eigenvalue weighted by Crippen LogP contribution is 2.23. The predicted molar refractivity (Wildman–Crippen MR) is 107 cm³/mol. The van der Waals surface area contributed by atoms with Gasteiger partial charge in [-0.15, -0.1) is 0 Å². The van der Waals surface area contributed by atoms with Crippen LogP contribution in [0.15, 0.2) is 40.9 Å². The molecule has 2 aromatic rings. The molecule has 2 N–H and O–H groups in total. The molecular weight excluding hydrogens is 372 g/mol. The third-order valence-corrected chi connectivity index (χ3v) is 4.89. The fraction of sp³-hybridized carbons (Fsp3) is 0.545. The smallest absolute Gasteiger partial charge is 0.225 e. The molecular formula is C22H30N2O5. The average molecular weight is 402 g/mol. The minimum absolute atomic E-state index is 0.0602. The van der Waals surface area contributed by atoms with Gasteiger partial charge >= 0.3 is 0 Å². The number of carbonyl (C=O) groups excluding carboxylic acids is 1. The molecule has 0 spiro atoms. The van der Waals surface area contributed by atoms with Crippen molar-refractivity contribution in [2.75, 3.05) is 6.54 Å². The van der Waals surface area contributed by atoms with Crippen molar-refractivity contribution < 1.29 is 23.9 Å². The van der Waals surface area contributed by atoms with Gasteiger partial charge in [-0.2, -0.15) is 0 Å². The largest absolute Gasteiger partial charge is 0.486 e. The SMILES string of the molecule is CC(C)(C)C(=O)NCC1OC(Cc2cc(COc3ccccc3)on2)CCC1O. The standard InChI is InChI=1S/C22H30N2O5/c1-22(2,3)21(26)23-13-20-19(25)10-9-17(28-20)11-15-12-18(29-24-15)14-27-16-7-5-4-6-8-16/h4-8,12,17,19-20,25H,9-11,13-14H2,1-3H3,(H,23,26). The summed E-state index contributed by atoms with van der Waals surface area (Å²) < 4.78 is 17.1. The molecule has 1 amide bonds. The maximum atomic E-state index is 12.1. The molecule has 158 valence electrons. The van der Waals surface area contributed by atoms with Crippen LogP contribution >= 0.6 is 0 Å². The molecule has 1 aliphatic heterocycles. The average Bonchev–Trinajstić information content (AvgIpc) is 3.14. The Kier molecular flexibility index (Phi) is 6.92. The minimum Gasteiger partial charge on any atom is -0.486 e. The molecule has 7 nitrogen and oxygen atoms in total. The van der Waals surface area contributed by atoms with E-state index in [0.717, 1.165) is 17.9 Å². The molecule has 1 aromatic heterocycles. The number of para-hydroxylation sites is 1. The molecule has 7 heteroatoms. The van der Waals surface area contributed by atoms with Crippen molar-refractivity contribution in [3.05, 3.63) is 47.9 Å². The first-order valence-electron chi connectivity index (χ1n) is 10.1. The van der Waals surface area contributed by atoms with Crippen LogP contribution in [0, 0.1) is 5.41 Å². The van der Waals surface area contributed by atoms with Gasteiger partial charge in [0.2, 0.25) is 5.91 Å². The molecule has 0 aliphatic carbocycles. The Morgan fingerprint density at radius 1 is 1.28 bits per heavy atom. The van der Waals surface area contributed by atoms with E-state index in [9.17, 15) is 9.90 Å². The molecule has 0 bridgehead atoms. The van der Waals surface area contributed by atoms with Crippen LogP contribution in [0.2, 0.25) is 0 Å². The van der Waals surface area contributed by atoms with Crippen LogP contribution in [0.4, 0.5) is 0 Å². The second kappa shape index (κ2) is 9.41. The number of rotatable bonds is 7. The number of carbonyl (C=O) groups is 1. The summed E-state index contributed by atoms with van der Waals surface area (Å²) in [5.74, 6) is 1.36. The summed E-state index contributed by atoms with van der Waals surface area (Å²) in [6, 6.07) is 11.4. The zero-order valence-electron chi connectivity index (χ0n) is 17.3. The van der Waals surface area contributed by atoms with Crippen molar-refractivity contribution >= 4 is 5.91 Å². The lowest BCUT2D eigenvalue weighted by molar-refractivity contribution is -0.134. The molecule has 3 rings (SSSR count). The van der Waals surface area contributed by atoms with Gasteiger partial charge < -0.3 is 24.4 Å². The predicted octanol–water partition coefficient (Wildman–Crippen LogP) is 2.87. The Balaban J connectivity index is 1.48. The number of aliphatic hydroxyl groups excluding tert-OH is 1. The molecule has 0 radical (unpaired) electrons. The van der Waals surface area contributed by atoms with Crippen molar-refractivity contribution in [1.82, 2.24) is 10.5 Å². The van der Waals surface area contributed by atoms with Crippen molar-refractivity contribution in [1.29, 1.82) is 0 Å². The number of aliphatic hydroxyl groups is 1. The Hall–Kier alpha value is -2.38. The quantitative estimate of drug-likeness (QED) is 0.740. The topological polar surface area (TPSA) is 93.8 Å². The number of hydrogen-bond donors (Lipinski definition) is 2. The summed E-state index contributed by atoms with van der Waals surface area (Å²) in [5, 5.41) is 17.2. The lowest BCUT2D eigenvalue weighted by atomic mass is 9.95. The highest BCUT2D eigenvalue weighted by molar-refractivity contribution is 5.81. The second-order valence-electron chi connectivity index (χ2n) is 8.49. The third-order valence-electron chi connectivity index (χ3n) is 4.89. The van der Waals surface area contributed by atoms with Crippen molar-refractivity contribution in [3.63, 3.8) is 0 Å². The number of aromatic nitrogens is 1. The molecule has 3 atom stereocenters. The Bertz CT molecular complexity index is 784. The molecule has 29 heavy (non-hydrogen) atoms. The van der Waals surface area contributed by atoms with Gasteiger partial charge in [-0.25, -0.2) is 0 Å². The minimum atomic E-state index is -0.585. The van der Waals surface area contributed by atoms with Crippen LogP contribution in [0.5, 0.6) is 5.75 Å². The maximum Gasteiger partial charge on any atom is 0.225 e. The van der Waals surface area contributed by atoms with Gasteiger partial charge in [-0.05, 0) is 25.0 Å². The molecule has 1 saturated heterocycles. The van der Waals surface area contributed by atoms with E-state index in [1.165, 1.54) is 0 Å². The number of ether oxygens (including phenoxy) is 2. The van der Waals surface area contributed by atoms with E-state index >= 15 is 0 Å². The molecule has 1 aromatic carbocycles. The Labute approximate surface area is 171 Å². The van der Waals surface area contributed by atoms with Crippen molar-refractivity contribution in [3.8, 4) is 5.75 Å². The maximum absolute atomic E-state index is 12.1. The fourth-order valence-corrected chi connectivity index (χ4v) is 3.17. The summed E-state index contributed by atoms with van der Waals surface area (Å²) >= 11 is 0. The van der Waals surface area contributed by atoms with Crippen LogP contribution in [0.25, 0.3) is 0 Å². The normalized spacial score (nSPS) is 22.3. The van der Waals surface area contributed by atoms with Crippen molar-refractivity contribution in [2.24, 2.45) is 5.41 Å². The lowest BCUT2D eigenvalue weighted by Crippen LogP contribution is -2.48. The van der Waals surface area contributed by atoms with Gasteiger partial charge in [0, 0.05) is 24.4 Å². The van der Waals surface area contributed by atoms with E-state index in [-0.39, 0.29) is 12.0 Å². The monoisotopic (exact) mass is 402 g/mol. The number of nitrogens with zero attached hydrogens (tertiary/aromatic N) is 1. The lowest BCUT2D eigenvalue weighted by Gasteiger charge is -2.34. The van der Waals surface area contributed by atoms with Crippen LogP contribution in [0.3, 0.4) is 0 Å². The van der Waals surface area contributed by atoms with Crippen molar-refractivity contribution in [2.45, 2.75) is 65.0 Å². The number of amides is 1. The zero-order valence-corrected chi connectivity index (χ0v) is 17.3. The first-order valence-corrected chi connectivity index (χ1v) is 10.1. The first kappa shape index (κ1) is 21.3. The van der Waals surface area contributed by atoms with Gasteiger partial charge in [0.1, 0.15) is 18.5 Å². The number of nitrogens with one attached hydrogen (secondary N) is 1. The third kappa shape index (κ3) is 6.30. The van der Waals surface area contributed by atoms with Gasteiger partial charge in [0.05, 0.1) is 17.9 Å². The van der Waals surface area contributed by atoms with Crippen LogP contribution in [-0.4, -0.2) is 41.0 Å². The summed E-state index contributed by atoms with van der Waals surface area (Å²) in [7, 11) is 0. The highest BCUT2D eigenvalue weighted by Gasteiger charge is 2.32. The van der Waals surface area contributed by atoms with E-state index < -0.39 is 17.6 Å². The van der Waals surface area contributed by atoms with E-state index in [0.29, 0.717) is 31.8 Å². The summed E-state index contributed by atoms with van der Waals surface area (Å²) in [5.41, 5.74) is 0.313. The Morgan fingerprint density at radius 3 is 2.76 bits per heavy atom. The van der Waals surface area contributed by atoms with E-state index in [1.807, 2.05) is 57.2 Å². The highest BCUT2D eigenvalue weighted by atomic mass is 16.5. The number of benzene rings is 1. The molecule has 0 saturated carbocycles. The van der Waals surface area contributed by atoms with Gasteiger partial charge in [0.25, 0.3) is 0 Å². The van der Waals surface area contributed by atoms with Crippen LogP contribution < -0.4 is 10.1 Å². The molecule has 1 fully saturated rings.